The average molecular weight is 426 g/mol. The Morgan fingerprint density at radius 2 is 2.10 bits per heavy atom. The van der Waals surface area contributed by atoms with E-state index in [2.05, 4.69) is 39.5 Å². The summed E-state index contributed by atoms with van der Waals surface area (Å²) >= 11 is 0. The van der Waals surface area contributed by atoms with E-state index >= 15 is 0 Å². The number of nitrogens with zero attached hydrogens (tertiary/aromatic N) is 2. The molecule has 166 valence electrons. The molecule has 2 aliphatic heterocycles. The zero-order valence-corrected chi connectivity index (χ0v) is 18.0. The Morgan fingerprint density at radius 1 is 1.32 bits per heavy atom. The van der Waals surface area contributed by atoms with E-state index in [4.69, 9.17) is 9.47 Å². The van der Waals surface area contributed by atoms with E-state index in [1.54, 1.807) is 12.3 Å². The predicted molar refractivity (Wildman–Crippen MR) is 117 cm³/mol. The number of hydrogen-bond acceptors (Lipinski definition) is 6. The van der Waals surface area contributed by atoms with E-state index in [0.29, 0.717) is 31.2 Å². The van der Waals surface area contributed by atoms with Gasteiger partial charge in [0.05, 0.1) is 19.3 Å². The van der Waals surface area contributed by atoms with Gasteiger partial charge in [-0.25, -0.2) is 4.98 Å². The molecule has 1 fully saturated rings. The van der Waals surface area contributed by atoms with Crippen LogP contribution in [0.5, 0.6) is 5.88 Å². The number of benzene rings is 1. The van der Waals surface area contributed by atoms with Gasteiger partial charge in [-0.15, -0.1) is 0 Å². The van der Waals surface area contributed by atoms with Gasteiger partial charge in [0.1, 0.15) is 6.10 Å². The summed E-state index contributed by atoms with van der Waals surface area (Å²) in [6.07, 6.45) is 3.73. The third-order valence-electron chi connectivity index (χ3n) is 5.96. The number of pyridine rings is 1. The smallest absolute Gasteiger partial charge is 0.251 e. The monoisotopic (exact) mass is 425 g/mol. The van der Waals surface area contributed by atoms with Gasteiger partial charge in [-0.3, -0.25) is 9.69 Å². The molecule has 7 nitrogen and oxygen atoms in total. The van der Waals surface area contributed by atoms with Gasteiger partial charge in [-0.2, -0.15) is 0 Å². The van der Waals surface area contributed by atoms with Crippen molar-refractivity contribution < 1.29 is 19.4 Å². The Labute approximate surface area is 183 Å². The van der Waals surface area contributed by atoms with E-state index < -0.39 is 6.10 Å². The van der Waals surface area contributed by atoms with Crippen LogP contribution in [0.4, 0.5) is 0 Å². The van der Waals surface area contributed by atoms with E-state index in [1.165, 1.54) is 11.1 Å². The van der Waals surface area contributed by atoms with Crippen molar-refractivity contribution in [1.82, 2.24) is 15.2 Å². The minimum absolute atomic E-state index is 0.0661. The summed E-state index contributed by atoms with van der Waals surface area (Å²) < 4.78 is 11.3. The number of aliphatic hydroxyl groups excluding tert-OH is 1. The number of amides is 1. The number of aliphatic hydroxyl groups is 1. The van der Waals surface area contributed by atoms with Crippen molar-refractivity contribution in [2.45, 2.75) is 44.9 Å². The van der Waals surface area contributed by atoms with Crippen LogP contribution >= 0.6 is 0 Å². The molecule has 0 saturated carbocycles. The van der Waals surface area contributed by atoms with Crippen LogP contribution in [0, 0.1) is 6.92 Å². The van der Waals surface area contributed by atoms with Crippen LogP contribution in [0.15, 0.2) is 36.5 Å². The highest BCUT2D eigenvalue weighted by Crippen LogP contribution is 2.20. The van der Waals surface area contributed by atoms with E-state index in [0.717, 1.165) is 37.9 Å². The van der Waals surface area contributed by atoms with Gasteiger partial charge in [-0.1, -0.05) is 24.3 Å². The standard InChI is InChI=1S/C24H31N3O4/c1-17-13-25-23(31-21-7-10-30-11-8-21)12-22(17)24(29)26-14-20(28)16-27-9-6-18-4-2-3-5-19(18)15-27/h2-5,12-13,20-21,28H,6-11,14-16H2,1H3,(H,26,29)/t20-/m0/s1. The molecule has 2 aromatic rings. The van der Waals surface area contributed by atoms with E-state index in [1.807, 2.05) is 6.92 Å². The Balaban J connectivity index is 1.28. The summed E-state index contributed by atoms with van der Waals surface area (Å²) in [5, 5.41) is 13.3. The number of ether oxygens (including phenoxy) is 2. The number of aryl methyl sites for hydroxylation is 1. The summed E-state index contributed by atoms with van der Waals surface area (Å²) in [4.78, 5) is 19.3. The molecule has 1 atom stereocenters. The molecule has 1 amide bonds. The summed E-state index contributed by atoms with van der Waals surface area (Å²) in [7, 11) is 0. The number of rotatable bonds is 7. The van der Waals surface area contributed by atoms with Gasteiger partial charge < -0.3 is 19.9 Å². The van der Waals surface area contributed by atoms with Crippen LogP contribution < -0.4 is 10.1 Å². The molecule has 0 radical (unpaired) electrons. The fourth-order valence-corrected chi connectivity index (χ4v) is 4.16. The molecule has 2 aliphatic rings. The third-order valence-corrected chi connectivity index (χ3v) is 5.96. The number of carbonyl (C=O) groups excluding carboxylic acids is 1. The van der Waals surface area contributed by atoms with Gasteiger partial charge >= 0.3 is 0 Å². The lowest BCUT2D eigenvalue weighted by atomic mass is 10.00. The quantitative estimate of drug-likeness (QED) is 0.707. The second kappa shape index (κ2) is 10.2. The molecule has 0 bridgehead atoms. The molecule has 31 heavy (non-hydrogen) atoms. The second-order valence-corrected chi connectivity index (χ2v) is 8.38. The van der Waals surface area contributed by atoms with Crippen molar-refractivity contribution in [2.75, 3.05) is 32.8 Å². The molecule has 2 N–H and O–H groups in total. The van der Waals surface area contributed by atoms with Gasteiger partial charge in [0.25, 0.3) is 5.91 Å². The number of β-amino-alcohol motifs (C(OH)–C–C–N with tert-alkyl or cyclic N) is 1. The van der Waals surface area contributed by atoms with Crippen LogP contribution in [0.1, 0.15) is 39.9 Å². The molecule has 7 heteroatoms. The first-order chi connectivity index (χ1) is 15.1. The Hall–Kier alpha value is -2.48. The molecule has 0 unspecified atom stereocenters. The maximum atomic E-state index is 12.7. The van der Waals surface area contributed by atoms with Gasteiger partial charge in [0, 0.05) is 56.8 Å². The molecule has 0 aliphatic carbocycles. The number of aromatic nitrogens is 1. The first-order valence-corrected chi connectivity index (χ1v) is 11.0. The lowest BCUT2D eigenvalue weighted by molar-refractivity contribution is 0.0236. The minimum atomic E-state index is -0.630. The predicted octanol–water partition coefficient (Wildman–Crippen LogP) is 2.10. The number of hydrogen-bond donors (Lipinski definition) is 2. The zero-order chi connectivity index (χ0) is 21.6. The summed E-state index contributed by atoms with van der Waals surface area (Å²) in [6, 6.07) is 10.1. The molecule has 3 heterocycles. The molecular weight excluding hydrogens is 394 g/mol. The topological polar surface area (TPSA) is 83.9 Å². The average Bonchev–Trinajstić information content (AvgIpc) is 2.79. The fraction of sp³-hybridized carbons (Fsp3) is 0.500. The lowest BCUT2D eigenvalue weighted by Gasteiger charge is -2.30. The second-order valence-electron chi connectivity index (χ2n) is 8.38. The molecule has 1 aromatic heterocycles. The minimum Gasteiger partial charge on any atom is -0.474 e. The van der Waals surface area contributed by atoms with Crippen molar-refractivity contribution >= 4 is 5.91 Å². The molecule has 1 aromatic carbocycles. The summed E-state index contributed by atoms with van der Waals surface area (Å²) in [5.74, 6) is 0.231. The van der Waals surface area contributed by atoms with Crippen molar-refractivity contribution in [2.24, 2.45) is 0 Å². The van der Waals surface area contributed by atoms with E-state index in [-0.39, 0.29) is 18.6 Å². The highest BCUT2D eigenvalue weighted by molar-refractivity contribution is 5.95. The van der Waals surface area contributed by atoms with Crippen LogP contribution in [0.25, 0.3) is 0 Å². The van der Waals surface area contributed by atoms with Crippen molar-refractivity contribution in [1.29, 1.82) is 0 Å². The fourth-order valence-electron chi connectivity index (χ4n) is 4.16. The maximum Gasteiger partial charge on any atom is 0.251 e. The molecule has 0 spiro atoms. The highest BCUT2D eigenvalue weighted by atomic mass is 16.5. The third kappa shape index (κ3) is 5.81. The summed E-state index contributed by atoms with van der Waals surface area (Å²) in [5.41, 5.74) is 4.00. The lowest BCUT2D eigenvalue weighted by Crippen LogP contribution is -2.42. The zero-order valence-electron chi connectivity index (χ0n) is 18.0. The number of fused-ring (bicyclic) bond motifs is 1. The van der Waals surface area contributed by atoms with Gasteiger partial charge in [0.15, 0.2) is 0 Å². The Kier molecular flexibility index (Phi) is 7.17. The number of nitrogens with one attached hydrogen (secondary N) is 1. The maximum absolute atomic E-state index is 12.7. The van der Waals surface area contributed by atoms with Crippen LogP contribution in [-0.4, -0.2) is 66.0 Å². The molecule has 4 rings (SSSR count). The van der Waals surface area contributed by atoms with Crippen LogP contribution in [0.2, 0.25) is 0 Å². The Morgan fingerprint density at radius 3 is 2.90 bits per heavy atom. The van der Waals surface area contributed by atoms with Gasteiger partial charge in [0.2, 0.25) is 5.88 Å². The van der Waals surface area contributed by atoms with Crippen molar-refractivity contribution in [3.8, 4) is 5.88 Å². The van der Waals surface area contributed by atoms with Crippen LogP contribution in [0.3, 0.4) is 0 Å². The Bertz CT molecular complexity index is 898. The van der Waals surface area contributed by atoms with Crippen LogP contribution in [-0.2, 0) is 17.7 Å². The van der Waals surface area contributed by atoms with Crippen molar-refractivity contribution in [3.05, 3.63) is 58.8 Å². The van der Waals surface area contributed by atoms with Gasteiger partial charge in [-0.05, 0) is 30.0 Å². The van der Waals surface area contributed by atoms with E-state index in [9.17, 15) is 9.90 Å². The molecule has 1 saturated heterocycles. The normalized spacial score (nSPS) is 18.3. The van der Waals surface area contributed by atoms with Crippen molar-refractivity contribution in [3.63, 3.8) is 0 Å². The largest absolute Gasteiger partial charge is 0.474 e. The first kappa shape index (κ1) is 21.7. The number of carbonyl (C=O) groups is 1. The SMILES string of the molecule is Cc1cnc(OC2CCOCC2)cc1C(=O)NC[C@H](O)CN1CCc2ccccc2C1. The summed E-state index contributed by atoms with van der Waals surface area (Å²) in [6.45, 7) is 5.70. The first-order valence-electron chi connectivity index (χ1n) is 11.0. The molecular formula is C24H31N3O4. The highest BCUT2D eigenvalue weighted by Gasteiger charge is 2.20.